The Morgan fingerprint density at radius 2 is 2.00 bits per heavy atom. The number of hydrogen-bond acceptors (Lipinski definition) is 3. The number of ether oxygens (including phenoxy) is 1. The molecule has 2 aromatic carbocycles. The predicted octanol–water partition coefficient (Wildman–Crippen LogP) is 3.53. The minimum absolute atomic E-state index is 0.180. The molecule has 0 aliphatic heterocycles. The molecule has 1 aromatic heterocycles. The number of aromatic nitrogens is 1. The first-order valence-electron chi connectivity index (χ1n) is 6.85. The molecule has 0 saturated carbocycles. The van der Waals surface area contributed by atoms with Crippen LogP contribution in [0.1, 0.15) is 0 Å². The zero-order valence-electron chi connectivity index (χ0n) is 11.9. The highest BCUT2D eigenvalue weighted by Crippen LogP contribution is 2.21. The Labute approximate surface area is 130 Å². The number of anilines is 1. The molecule has 1 amide bonds. The third kappa shape index (κ3) is 3.42. The molecule has 0 radical (unpaired) electrons. The van der Waals surface area contributed by atoms with E-state index < -0.39 is 17.5 Å². The monoisotopic (exact) mass is 314 g/mol. The first-order chi connectivity index (χ1) is 11.1. The van der Waals surface area contributed by atoms with Crippen LogP contribution in [0.3, 0.4) is 0 Å². The van der Waals surface area contributed by atoms with Gasteiger partial charge in [-0.15, -0.1) is 0 Å². The summed E-state index contributed by atoms with van der Waals surface area (Å²) in [5.41, 5.74) is 1.33. The van der Waals surface area contributed by atoms with Crippen LogP contribution in [0.4, 0.5) is 14.5 Å². The van der Waals surface area contributed by atoms with E-state index in [0.717, 1.165) is 23.0 Å². The maximum Gasteiger partial charge on any atom is 0.262 e. The van der Waals surface area contributed by atoms with Crippen LogP contribution in [0.2, 0.25) is 0 Å². The number of nitrogens with zero attached hydrogens (tertiary/aromatic N) is 1. The van der Waals surface area contributed by atoms with Gasteiger partial charge in [-0.05, 0) is 36.4 Å². The number of rotatable bonds is 4. The van der Waals surface area contributed by atoms with Gasteiger partial charge in [-0.1, -0.05) is 6.07 Å². The van der Waals surface area contributed by atoms with E-state index in [1.54, 1.807) is 24.4 Å². The van der Waals surface area contributed by atoms with E-state index in [9.17, 15) is 13.6 Å². The largest absolute Gasteiger partial charge is 0.481 e. The molecule has 0 aliphatic carbocycles. The van der Waals surface area contributed by atoms with Crippen molar-refractivity contribution in [2.24, 2.45) is 0 Å². The number of benzene rings is 2. The number of nitrogens with one attached hydrogen (secondary N) is 1. The lowest BCUT2D eigenvalue weighted by atomic mass is 10.2. The zero-order chi connectivity index (χ0) is 16.2. The summed E-state index contributed by atoms with van der Waals surface area (Å²) >= 11 is 0. The zero-order valence-corrected chi connectivity index (χ0v) is 11.9. The second kappa shape index (κ2) is 6.39. The van der Waals surface area contributed by atoms with Crippen LogP contribution in [0, 0.1) is 11.6 Å². The molecule has 3 rings (SSSR count). The Kier molecular flexibility index (Phi) is 4.14. The van der Waals surface area contributed by atoms with E-state index in [-0.39, 0.29) is 12.4 Å². The average molecular weight is 314 g/mol. The van der Waals surface area contributed by atoms with Crippen LogP contribution in [-0.4, -0.2) is 17.5 Å². The van der Waals surface area contributed by atoms with Gasteiger partial charge in [-0.3, -0.25) is 9.78 Å². The molecule has 6 heteroatoms. The minimum atomic E-state index is -0.854. The van der Waals surface area contributed by atoms with Crippen molar-refractivity contribution >= 4 is 22.5 Å². The van der Waals surface area contributed by atoms with Gasteiger partial charge in [0.1, 0.15) is 5.82 Å². The molecule has 0 saturated heterocycles. The molecule has 1 N–H and O–H groups in total. The maximum absolute atomic E-state index is 13.4. The molecule has 116 valence electrons. The molecule has 3 aromatic rings. The van der Waals surface area contributed by atoms with E-state index in [2.05, 4.69) is 10.3 Å². The number of carbonyl (C=O) groups excluding carboxylic acids is 1. The smallest absolute Gasteiger partial charge is 0.262 e. The van der Waals surface area contributed by atoms with Gasteiger partial charge in [0.05, 0.1) is 11.2 Å². The molecular weight excluding hydrogens is 302 g/mol. The van der Waals surface area contributed by atoms with Gasteiger partial charge in [-0.25, -0.2) is 8.78 Å². The first-order valence-corrected chi connectivity index (χ1v) is 6.85. The van der Waals surface area contributed by atoms with Gasteiger partial charge in [0.2, 0.25) is 0 Å². The summed E-state index contributed by atoms with van der Waals surface area (Å²) in [4.78, 5) is 16.1. The lowest BCUT2D eigenvalue weighted by Crippen LogP contribution is -2.20. The summed E-state index contributed by atoms with van der Waals surface area (Å²) in [6.45, 7) is -0.390. The van der Waals surface area contributed by atoms with Crippen LogP contribution in [-0.2, 0) is 4.79 Å². The molecule has 0 fully saturated rings. The fraction of sp³-hybridized carbons (Fsp3) is 0.0588. The topological polar surface area (TPSA) is 51.2 Å². The number of halogens is 2. The maximum atomic E-state index is 13.4. The van der Waals surface area contributed by atoms with Gasteiger partial charge < -0.3 is 10.1 Å². The van der Waals surface area contributed by atoms with Crippen LogP contribution < -0.4 is 10.1 Å². The number of hydrogen-bond donors (Lipinski definition) is 1. The van der Waals surface area contributed by atoms with Gasteiger partial charge in [0, 0.05) is 17.6 Å². The standard InChI is InChI=1S/C17H12F2N2O2/c18-11-6-7-16(13(19)9-11)23-10-17(22)21-15-5-1-4-14-12(15)3-2-8-20-14/h1-9H,10H2,(H,21,22). The van der Waals surface area contributed by atoms with E-state index in [1.807, 2.05) is 12.1 Å². The molecule has 4 nitrogen and oxygen atoms in total. The van der Waals surface area contributed by atoms with Gasteiger partial charge in [0.25, 0.3) is 5.91 Å². The van der Waals surface area contributed by atoms with Crippen molar-refractivity contribution < 1.29 is 18.3 Å². The second-order valence-electron chi connectivity index (χ2n) is 4.79. The molecule has 0 bridgehead atoms. The molecular formula is C17H12F2N2O2. The first kappa shape index (κ1) is 14.9. The van der Waals surface area contributed by atoms with Crippen molar-refractivity contribution in [1.29, 1.82) is 0 Å². The Bertz CT molecular complexity index is 863. The van der Waals surface area contributed by atoms with Crippen LogP contribution >= 0.6 is 0 Å². The Balaban J connectivity index is 1.69. The lowest BCUT2D eigenvalue weighted by Gasteiger charge is -2.10. The highest BCUT2D eigenvalue weighted by atomic mass is 19.1. The highest BCUT2D eigenvalue weighted by molar-refractivity contribution is 6.01. The van der Waals surface area contributed by atoms with Crippen molar-refractivity contribution in [3.8, 4) is 5.75 Å². The van der Waals surface area contributed by atoms with Crippen molar-refractivity contribution in [3.05, 3.63) is 66.4 Å². The molecule has 0 atom stereocenters. The number of fused-ring (bicyclic) bond motifs is 1. The fourth-order valence-electron chi connectivity index (χ4n) is 2.13. The number of amides is 1. The van der Waals surface area contributed by atoms with Crippen LogP contribution in [0.5, 0.6) is 5.75 Å². The lowest BCUT2D eigenvalue weighted by molar-refractivity contribution is -0.118. The third-order valence-corrected chi connectivity index (χ3v) is 3.17. The second-order valence-corrected chi connectivity index (χ2v) is 4.79. The summed E-state index contributed by atoms with van der Waals surface area (Å²) < 4.78 is 31.3. The SMILES string of the molecule is O=C(COc1ccc(F)cc1F)Nc1cccc2ncccc12. The van der Waals surface area contributed by atoms with E-state index >= 15 is 0 Å². The van der Waals surface area contributed by atoms with Crippen molar-refractivity contribution in [1.82, 2.24) is 4.98 Å². The van der Waals surface area contributed by atoms with E-state index in [0.29, 0.717) is 11.8 Å². The quantitative estimate of drug-likeness (QED) is 0.801. The molecule has 0 unspecified atom stereocenters. The number of pyridine rings is 1. The average Bonchev–Trinajstić information content (AvgIpc) is 2.54. The van der Waals surface area contributed by atoms with Gasteiger partial charge in [-0.2, -0.15) is 0 Å². The normalized spacial score (nSPS) is 10.5. The Morgan fingerprint density at radius 3 is 2.83 bits per heavy atom. The van der Waals surface area contributed by atoms with Gasteiger partial charge in [0.15, 0.2) is 18.2 Å². The van der Waals surface area contributed by atoms with Crippen LogP contribution in [0.15, 0.2) is 54.7 Å². The molecule has 1 heterocycles. The summed E-state index contributed by atoms with van der Waals surface area (Å²) in [6, 6.07) is 11.8. The highest BCUT2D eigenvalue weighted by Gasteiger charge is 2.09. The summed E-state index contributed by atoms with van der Waals surface area (Å²) in [6.07, 6.45) is 1.66. The molecule has 0 aliphatic rings. The van der Waals surface area contributed by atoms with Crippen molar-refractivity contribution in [3.63, 3.8) is 0 Å². The predicted molar refractivity (Wildman–Crippen MR) is 82.2 cm³/mol. The molecule has 23 heavy (non-hydrogen) atoms. The summed E-state index contributed by atoms with van der Waals surface area (Å²) in [7, 11) is 0. The van der Waals surface area contributed by atoms with Crippen LogP contribution in [0.25, 0.3) is 10.9 Å². The minimum Gasteiger partial charge on any atom is -0.481 e. The number of carbonyl (C=O) groups is 1. The van der Waals surface area contributed by atoms with Crippen molar-refractivity contribution in [2.45, 2.75) is 0 Å². The Morgan fingerprint density at radius 1 is 1.13 bits per heavy atom. The molecule has 0 spiro atoms. The Hall–Kier alpha value is -3.02. The van der Waals surface area contributed by atoms with Gasteiger partial charge >= 0.3 is 0 Å². The third-order valence-electron chi connectivity index (χ3n) is 3.17. The fourth-order valence-corrected chi connectivity index (χ4v) is 2.13. The van der Waals surface area contributed by atoms with Crippen molar-refractivity contribution in [2.75, 3.05) is 11.9 Å². The summed E-state index contributed by atoms with van der Waals surface area (Å²) in [5.74, 6) is -2.19. The summed E-state index contributed by atoms with van der Waals surface area (Å²) in [5, 5.41) is 3.47. The van der Waals surface area contributed by atoms with E-state index in [1.165, 1.54) is 0 Å². The van der Waals surface area contributed by atoms with E-state index in [4.69, 9.17) is 4.74 Å².